The van der Waals surface area contributed by atoms with Crippen LogP contribution in [0.25, 0.3) is 10.2 Å². The molecule has 0 unspecified atom stereocenters. The molecule has 9 nitrogen and oxygen atoms in total. The number of terminal acetylenes is 1. The van der Waals surface area contributed by atoms with Crippen LogP contribution in [-0.4, -0.2) is 45.7 Å². The predicted octanol–water partition coefficient (Wildman–Crippen LogP) is 0.975. The minimum atomic E-state index is -3.89. The average Bonchev–Trinajstić information content (AvgIpc) is 3.04. The fourth-order valence-corrected chi connectivity index (χ4v) is 5.27. The lowest BCUT2D eigenvalue weighted by Crippen LogP contribution is -2.22. The predicted molar refractivity (Wildman–Crippen MR) is 117 cm³/mol. The van der Waals surface area contributed by atoms with Gasteiger partial charge in [-0.05, 0) is 42.5 Å². The minimum absolute atomic E-state index is 0.0498. The zero-order valence-electron chi connectivity index (χ0n) is 16.5. The number of primary sulfonamides is 1. The fraction of sp³-hybridized carbons (Fsp3) is 0.158. The summed E-state index contributed by atoms with van der Waals surface area (Å²) in [4.78, 5) is 17.0. The molecule has 0 atom stereocenters. The van der Waals surface area contributed by atoms with E-state index in [4.69, 9.17) is 11.6 Å². The number of rotatable bonds is 5. The number of nitrogens with two attached hydrogens (primary N) is 1. The van der Waals surface area contributed by atoms with Gasteiger partial charge in [0.1, 0.15) is 0 Å². The lowest BCUT2D eigenvalue weighted by molar-refractivity contribution is 0.0997. The summed E-state index contributed by atoms with van der Waals surface area (Å²) in [6.45, 7) is 0.112. The zero-order valence-corrected chi connectivity index (χ0v) is 19.0. The second-order valence-corrected chi connectivity index (χ2v) is 11.3. The van der Waals surface area contributed by atoms with E-state index in [1.54, 1.807) is 10.6 Å². The Morgan fingerprint density at radius 3 is 2.29 bits per heavy atom. The van der Waals surface area contributed by atoms with Crippen molar-refractivity contribution in [1.29, 1.82) is 0 Å². The Labute approximate surface area is 183 Å². The third kappa shape index (κ3) is 4.60. The number of hydrogen-bond acceptors (Lipinski definition) is 6. The van der Waals surface area contributed by atoms with E-state index >= 15 is 0 Å². The maximum absolute atomic E-state index is 12.7. The van der Waals surface area contributed by atoms with E-state index in [2.05, 4.69) is 10.9 Å². The lowest BCUT2D eigenvalue weighted by Gasteiger charge is -2.11. The molecule has 0 aliphatic carbocycles. The number of amides is 1. The topological polar surface area (TPSA) is 132 Å². The van der Waals surface area contributed by atoms with Crippen molar-refractivity contribution < 1.29 is 21.6 Å². The van der Waals surface area contributed by atoms with Crippen LogP contribution >= 0.6 is 11.3 Å². The molecule has 2 N–H and O–H groups in total. The van der Waals surface area contributed by atoms with Gasteiger partial charge in [0.15, 0.2) is 4.80 Å². The van der Waals surface area contributed by atoms with E-state index < -0.39 is 26.0 Å². The quantitative estimate of drug-likeness (QED) is 0.546. The normalized spacial score (nSPS) is 12.9. The van der Waals surface area contributed by atoms with Crippen LogP contribution in [0.2, 0.25) is 0 Å². The number of carbonyl (C=O) groups excluding carboxylic acids is 1. The van der Waals surface area contributed by atoms with Crippen LogP contribution in [0.4, 0.5) is 0 Å². The van der Waals surface area contributed by atoms with Crippen molar-refractivity contribution in [3.8, 4) is 12.3 Å². The Bertz CT molecular complexity index is 1490. The van der Waals surface area contributed by atoms with Gasteiger partial charge >= 0.3 is 0 Å². The fourth-order valence-electron chi connectivity index (χ4n) is 2.69. The Morgan fingerprint density at radius 1 is 1.13 bits per heavy atom. The van der Waals surface area contributed by atoms with Crippen molar-refractivity contribution in [3.05, 3.63) is 52.8 Å². The molecule has 0 aliphatic rings. The van der Waals surface area contributed by atoms with Crippen molar-refractivity contribution in [1.82, 2.24) is 8.87 Å². The van der Waals surface area contributed by atoms with Gasteiger partial charge in [-0.25, -0.2) is 26.3 Å². The van der Waals surface area contributed by atoms with E-state index in [1.807, 2.05) is 0 Å². The van der Waals surface area contributed by atoms with Gasteiger partial charge in [0.05, 0.1) is 26.6 Å². The second kappa shape index (κ2) is 8.37. The number of benzene rings is 2. The number of aromatic nitrogens is 1. The van der Waals surface area contributed by atoms with E-state index in [-0.39, 0.29) is 26.7 Å². The first-order valence-electron chi connectivity index (χ1n) is 8.66. The van der Waals surface area contributed by atoms with Crippen molar-refractivity contribution in [2.24, 2.45) is 10.1 Å². The van der Waals surface area contributed by atoms with Gasteiger partial charge in [-0.1, -0.05) is 17.3 Å². The average molecular weight is 479 g/mol. The summed E-state index contributed by atoms with van der Waals surface area (Å²) in [6, 6.07) is 9.71. The van der Waals surface area contributed by atoms with Gasteiger partial charge in [0, 0.05) is 19.7 Å². The molecule has 0 radical (unpaired) electrons. The Morgan fingerprint density at radius 2 is 1.74 bits per heavy atom. The highest BCUT2D eigenvalue weighted by Crippen LogP contribution is 2.21. The van der Waals surface area contributed by atoms with Crippen molar-refractivity contribution in [2.45, 2.75) is 16.3 Å². The van der Waals surface area contributed by atoms with Crippen LogP contribution in [-0.2, 0) is 26.6 Å². The molecule has 2 aromatic carbocycles. The molecule has 0 spiro atoms. The summed E-state index contributed by atoms with van der Waals surface area (Å²) in [6.07, 6.45) is 5.43. The van der Waals surface area contributed by atoms with Gasteiger partial charge in [-0.15, -0.1) is 6.42 Å². The van der Waals surface area contributed by atoms with E-state index in [1.165, 1.54) is 50.5 Å². The van der Waals surface area contributed by atoms with E-state index in [9.17, 15) is 21.6 Å². The third-order valence-corrected chi connectivity index (χ3v) is 8.09. The highest BCUT2D eigenvalue weighted by Gasteiger charge is 2.18. The molecule has 162 valence electrons. The molecular weight excluding hydrogens is 460 g/mol. The van der Waals surface area contributed by atoms with Crippen LogP contribution in [0.3, 0.4) is 0 Å². The summed E-state index contributed by atoms with van der Waals surface area (Å²) < 4.78 is 50.8. The molecule has 0 saturated carbocycles. The molecular formula is C19H18N4O5S3. The van der Waals surface area contributed by atoms with Crippen molar-refractivity contribution >= 4 is 47.5 Å². The largest absolute Gasteiger partial charge is 0.305 e. The number of nitrogens with zero attached hydrogens (tertiary/aromatic N) is 3. The summed E-state index contributed by atoms with van der Waals surface area (Å²) >= 11 is 1.09. The minimum Gasteiger partial charge on any atom is -0.305 e. The number of fused-ring (bicyclic) bond motifs is 1. The molecule has 1 heterocycles. The SMILES string of the molecule is C#CCn1c(=NC(=O)c2ccc(S(=O)(=O)N(C)C)cc2)sc2cc(S(N)(=O)=O)ccc21. The van der Waals surface area contributed by atoms with Gasteiger partial charge < -0.3 is 4.57 Å². The van der Waals surface area contributed by atoms with Gasteiger partial charge in [-0.2, -0.15) is 4.99 Å². The summed E-state index contributed by atoms with van der Waals surface area (Å²) in [7, 11) is -4.68. The van der Waals surface area contributed by atoms with Crippen LogP contribution in [0.5, 0.6) is 0 Å². The first-order valence-corrected chi connectivity index (χ1v) is 12.5. The standard InChI is InChI=1S/C19H18N4O5S3/c1-4-11-23-16-10-9-15(30(20,25)26)12-17(16)29-19(23)21-18(24)13-5-7-14(8-6-13)31(27,28)22(2)3/h1,5-10,12H,11H2,2-3H3,(H2,20,25,26). The third-order valence-electron chi connectivity index (χ3n) is 4.31. The first-order chi connectivity index (χ1) is 14.4. The van der Waals surface area contributed by atoms with Crippen LogP contribution in [0, 0.1) is 12.3 Å². The molecule has 0 aliphatic heterocycles. The van der Waals surface area contributed by atoms with Crippen molar-refractivity contribution in [2.75, 3.05) is 14.1 Å². The van der Waals surface area contributed by atoms with E-state index in [0.717, 1.165) is 15.6 Å². The summed E-state index contributed by atoms with van der Waals surface area (Å²) in [5.74, 6) is 1.88. The summed E-state index contributed by atoms with van der Waals surface area (Å²) in [5.41, 5.74) is 0.793. The maximum Gasteiger partial charge on any atom is 0.279 e. The first kappa shape index (κ1) is 22.9. The highest BCUT2D eigenvalue weighted by atomic mass is 32.2. The maximum atomic E-state index is 12.7. The molecule has 1 aromatic heterocycles. The zero-order chi connectivity index (χ0) is 23.0. The number of sulfonamides is 2. The van der Waals surface area contributed by atoms with Crippen LogP contribution < -0.4 is 9.94 Å². The molecule has 0 bridgehead atoms. The smallest absolute Gasteiger partial charge is 0.279 e. The molecule has 3 aromatic rings. The number of hydrogen-bond donors (Lipinski definition) is 1. The second-order valence-electron chi connectivity index (χ2n) is 6.58. The number of carbonyl (C=O) groups is 1. The van der Waals surface area contributed by atoms with Crippen molar-refractivity contribution in [3.63, 3.8) is 0 Å². The molecule has 3 rings (SSSR count). The van der Waals surface area contributed by atoms with E-state index in [0.29, 0.717) is 10.2 Å². The summed E-state index contributed by atoms with van der Waals surface area (Å²) in [5, 5.41) is 5.18. The van der Waals surface area contributed by atoms with Gasteiger partial charge in [-0.3, -0.25) is 4.79 Å². The molecule has 1 amide bonds. The Balaban J connectivity index is 2.08. The highest BCUT2D eigenvalue weighted by molar-refractivity contribution is 7.89. The molecule has 0 saturated heterocycles. The molecule has 0 fully saturated rings. The molecule has 31 heavy (non-hydrogen) atoms. The monoisotopic (exact) mass is 478 g/mol. The van der Waals surface area contributed by atoms with Crippen LogP contribution in [0.15, 0.2) is 57.2 Å². The van der Waals surface area contributed by atoms with Gasteiger partial charge in [0.25, 0.3) is 5.91 Å². The Hall–Kier alpha value is -2.82. The molecule has 12 heteroatoms. The number of thiazole rings is 1. The Kier molecular flexibility index (Phi) is 6.17. The lowest BCUT2D eigenvalue weighted by atomic mass is 10.2. The van der Waals surface area contributed by atoms with Crippen LogP contribution in [0.1, 0.15) is 10.4 Å². The van der Waals surface area contributed by atoms with Gasteiger partial charge in [0.2, 0.25) is 20.0 Å².